The smallest absolute Gasteiger partial charge is 0.333 e. The Hall–Kier alpha value is -3.05. The molecule has 11 nitrogen and oxygen atoms in total. The van der Waals surface area contributed by atoms with Crippen molar-refractivity contribution >= 4 is 23.8 Å². The molecule has 11 heteroatoms. The number of carbonyl (C=O) groups excluding carboxylic acids is 3. The average Bonchev–Trinajstić information content (AvgIpc) is 2.95. The molecule has 4 N–H and O–H groups in total. The van der Waals surface area contributed by atoms with Crippen molar-refractivity contribution in [3.63, 3.8) is 0 Å². The predicted octanol–water partition coefficient (Wildman–Crippen LogP) is -1.08. The number of primary amides is 1. The van der Waals surface area contributed by atoms with Gasteiger partial charge in [-0.3, -0.25) is 14.4 Å². The number of esters is 2. The van der Waals surface area contributed by atoms with Crippen molar-refractivity contribution in [3.05, 3.63) is 30.1 Å². The predicted molar refractivity (Wildman–Crippen MR) is 93.0 cm³/mol. The number of aromatic nitrogens is 1. The summed E-state index contributed by atoms with van der Waals surface area (Å²) in [6.45, 7) is 2.74. The lowest BCUT2D eigenvalue weighted by molar-refractivity contribution is -0.765. The van der Waals surface area contributed by atoms with E-state index in [2.05, 4.69) is 0 Å². The van der Waals surface area contributed by atoms with E-state index in [9.17, 15) is 24.3 Å². The van der Waals surface area contributed by atoms with Crippen LogP contribution in [0.5, 0.6) is 0 Å². The third kappa shape index (κ3) is 5.72. The summed E-state index contributed by atoms with van der Waals surface area (Å²) in [7, 11) is 0. The van der Waals surface area contributed by atoms with Crippen LogP contribution >= 0.6 is 0 Å². The molecule has 29 heavy (non-hydrogen) atoms. The van der Waals surface area contributed by atoms with Crippen molar-refractivity contribution in [2.24, 2.45) is 11.7 Å². The maximum Gasteiger partial charge on any atom is 0.333 e. The summed E-state index contributed by atoms with van der Waals surface area (Å²) in [5, 5.41) is 17.8. The van der Waals surface area contributed by atoms with Gasteiger partial charge in [0.15, 0.2) is 24.6 Å². The summed E-state index contributed by atoms with van der Waals surface area (Å²) in [5.74, 6) is -4.02. The van der Waals surface area contributed by atoms with Crippen molar-refractivity contribution in [1.29, 1.82) is 0 Å². The van der Waals surface area contributed by atoms with Gasteiger partial charge in [-0.15, -0.1) is 0 Å². The second-order valence-electron chi connectivity index (χ2n) is 6.64. The lowest BCUT2D eigenvalue weighted by atomic mass is 10.0. The van der Waals surface area contributed by atoms with Crippen molar-refractivity contribution in [2.45, 2.75) is 44.8 Å². The summed E-state index contributed by atoms with van der Waals surface area (Å²) in [6.07, 6.45) is -1.73. The summed E-state index contributed by atoms with van der Waals surface area (Å²) in [6, 6.07) is 3.10. The lowest BCUT2D eigenvalue weighted by Crippen LogP contribution is -2.46. The number of amides is 1. The van der Waals surface area contributed by atoms with Crippen molar-refractivity contribution in [3.8, 4) is 0 Å². The number of nitrogens with two attached hydrogens (primary N) is 1. The molecule has 2 rings (SSSR count). The Balaban J connectivity index is 2.13. The summed E-state index contributed by atoms with van der Waals surface area (Å²) in [5.41, 5.74) is 5.52. The largest absolute Gasteiger partial charge is 0.479 e. The van der Waals surface area contributed by atoms with Gasteiger partial charge in [0.25, 0.3) is 5.91 Å². The molecule has 2 heterocycles. The van der Waals surface area contributed by atoms with Gasteiger partial charge in [0.2, 0.25) is 0 Å². The van der Waals surface area contributed by atoms with E-state index in [1.54, 1.807) is 19.2 Å². The minimum atomic E-state index is -1.86. The molecule has 1 amide bonds. The number of hydrogen-bond donors (Lipinski definition) is 3. The normalized spacial score (nSPS) is 24.5. The molecule has 0 aromatic carbocycles. The van der Waals surface area contributed by atoms with Gasteiger partial charge in [0.05, 0.1) is 6.42 Å². The van der Waals surface area contributed by atoms with Gasteiger partial charge < -0.3 is 30.2 Å². The Morgan fingerprint density at radius 2 is 2.03 bits per heavy atom. The first-order valence-electron chi connectivity index (χ1n) is 8.80. The number of ether oxygens (including phenoxy) is 3. The van der Waals surface area contributed by atoms with Crippen LogP contribution in [-0.4, -0.2) is 58.9 Å². The van der Waals surface area contributed by atoms with E-state index in [1.165, 1.54) is 23.8 Å². The van der Waals surface area contributed by atoms with Crippen LogP contribution < -0.4 is 10.3 Å². The zero-order valence-corrected chi connectivity index (χ0v) is 15.9. The molecule has 0 saturated carbocycles. The highest BCUT2D eigenvalue weighted by molar-refractivity contribution is 5.92. The summed E-state index contributed by atoms with van der Waals surface area (Å²) < 4.78 is 17.8. The van der Waals surface area contributed by atoms with E-state index in [-0.39, 0.29) is 12.2 Å². The fourth-order valence-electron chi connectivity index (χ4n) is 2.92. The Labute approximate surface area is 166 Å². The summed E-state index contributed by atoms with van der Waals surface area (Å²) >= 11 is 0. The number of carboxylic acids is 1. The molecular formula is C18H23N2O9+. The Kier molecular flexibility index (Phi) is 7.23. The maximum atomic E-state index is 11.7. The van der Waals surface area contributed by atoms with E-state index in [0.717, 1.165) is 0 Å². The molecule has 1 aromatic rings. The lowest BCUT2D eigenvalue weighted by Gasteiger charge is -2.18. The quantitative estimate of drug-likeness (QED) is 0.356. The zero-order valence-electron chi connectivity index (χ0n) is 15.9. The Morgan fingerprint density at radius 1 is 1.34 bits per heavy atom. The van der Waals surface area contributed by atoms with Gasteiger partial charge in [-0.05, 0) is 6.07 Å². The van der Waals surface area contributed by atoms with Crippen LogP contribution in [0.2, 0.25) is 0 Å². The van der Waals surface area contributed by atoms with Crippen molar-refractivity contribution in [2.75, 3.05) is 6.61 Å². The van der Waals surface area contributed by atoms with Crippen LogP contribution in [0.3, 0.4) is 0 Å². The molecule has 0 spiro atoms. The maximum absolute atomic E-state index is 11.7. The molecular weight excluding hydrogens is 388 g/mol. The highest BCUT2D eigenvalue weighted by Gasteiger charge is 2.50. The molecule has 158 valence electrons. The standard InChI is InChI=1S/C18H22N2O9/c1-9-13(8-27-14(23)6-12(22)18(25)26)29-17(15(9)28-10(2)21)20-5-3-4-11(7-20)16(19)24/h3-5,7,9,12-13,15,17,22H,6,8H2,1-2H3,(H2-,19,24,25,26)/p+1/t9-,12+,13-,15-,17-/m1/s1. The van der Waals surface area contributed by atoms with Crippen LogP contribution in [0, 0.1) is 5.92 Å². The van der Waals surface area contributed by atoms with E-state index in [4.69, 9.17) is 25.1 Å². The molecule has 1 aromatic heterocycles. The number of rotatable bonds is 8. The van der Waals surface area contributed by atoms with Crippen LogP contribution in [0.25, 0.3) is 0 Å². The zero-order chi connectivity index (χ0) is 21.7. The molecule has 1 aliphatic heterocycles. The number of aliphatic hydroxyl groups excluding tert-OH is 1. The van der Waals surface area contributed by atoms with Crippen LogP contribution in [-0.2, 0) is 28.6 Å². The topological polar surface area (TPSA) is 166 Å². The van der Waals surface area contributed by atoms with E-state index < -0.39 is 60.7 Å². The van der Waals surface area contributed by atoms with Gasteiger partial charge in [-0.2, -0.15) is 4.57 Å². The number of aliphatic hydroxyl groups is 1. The molecule has 1 fully saturated rings. The fourth-order valence-corrected chi connectivity index (χ4v) is 2.92. The second-order valence-corrected chi connectivity index (χ2v) is 6.64. The fraction of sp³-hybridized carbons (Fsp3) is 0.500. The molecule has 1 saturated heterocycles. The molecule has 0 aliphatic carbocycles. The number of hydrogen-bond acceptors (Lipinski definition) is 8. The number of pyridine rings is 1. The van der Waals surface area contributed by atoms with Gasteiger partial charge in [-0.1, -0.05) is 6.92 Å². The van der Waals surface area contributed by atoms with Crippen molar-refractivity contribution < 1.29 is 48.2 Å². The number of carbonyl (C=O) groups is 4. The van der Waals surface area contributed by atoms with E-state index in [0.29, 0.717) is 0 Å². The number of carboxylic acid groups (broad SMARTS) is 1. The Morgan fingerprint density at radius 3 is 2.62 bits per heavy atom. The number of nitrogens with zero attached hydrogens (tertiary/aromatic N) is 1. The van der Waals surface area contributed by atoms with E-state index in [1.807, 2.05) is 0 Å². The minimum absolute atomic E-state index is 0.225. The van der Waals surface area contributed by atoms with Gasteiger partial charge in [0.1, 0.15) is 18.3 Å². The van der Waals surface area contributed by atoms with Crippen LogP contribution in [0.1, 0.15) is 36.9 Å². The molecule has 1 aliphatic rings. The summed E-state index contributed by atoms with van der Waals surface area (Å²) in [4.78, 5) is 45.3. The van der Waals surface area contributed by atoms with Crippen molar-refractivity contribution in [1.82, 2.24) is 0 Å². The minimum Gasteiger partial charge on any atom is -0.479 e. The van der Waals surface area contributed by atoms with E-state index >= 15 is 0 Å². The first kappa shape index (κ1) is 22.2. The van der Waals surface area contributed by atoms with Crippen LogP contribution in [0.15, 0.2) is 24.5 Å². The monoisotopic (exact) mass is 411 g/mol. The van der Waals surface area contributed by atoms with Gasteiger partial charge in [-0.25, -0.2) is 4.79 Å². The van der Waals surface area contributed by atoms with Gasteiger partial charge in [0, 0.05) is 18.9 Å². The number of aliphatic carboxylic acids is 1. The molecule has 0 bridgehead atoms. The first-order chi connectivity index (χ1) is 13.6. The Bertz CT molecular complexity index is 797. The molecule has 0 unspecified atom stereocenters. The highest BCUT2D eigenvalue weighted by Crippen LogP contribution is 2.33. The highest BCUT2D eigenvalue weighted by atomic mass is 16.6. The SMILES string of the molecule is CC(=O)O[C@@H]1[C@H](C)[C@@H](COC(=O)C[C@H](O)C(=O)O)O[C@H]1[n+]1cccc(C(N)=O)c1. The van der Waals surface area contributed by atoms with Gasteiger partial charge >= 0.3 is 24.1 Å². The molecule has 5 atom stereocenters. The molecule has 0 radical (unpaired) electrons. The third-order valence-corrected chi connectivity index (χ3v) is 4.46. The first-order valence-corrected chi connectivity index (χ1v) is 8.80. The van der Waals surface area contributed by atoms with Crippen LogP contribution in [0.4, 0.5) is 0 Å². The third-order valence-electron chi connectivity index (χ3n) is 4.46. The second kappa shape index (κ2) is 9.43. The average molecular weight is 411 g/mol.